The molecule has 0 saturated carbocycles. The van der Waals surface area contributed by atoms with E-state index in [0.29, 0.717) is 5.15 Å². The van der Waals surface area contributed by atoms with Crippen LogP contribution in [-0.4, -0.2) is 9.97 Å². The number of fused-ring (bicyclic) bond motifs is 1. The van der Waals surface area contributed by atoms with Crippen molar-refractivity contribution in [2.24, 2.45) is 0 Å². The van der Waals surface area contributed by atoms with Gasteiger partial charge in [0.2, 0.25) is 0 Å². The van der Waals surface area contributed by atoms with Crippen molar-refractivity contribution in [3.05, 3.63) is 52.8 Å². The third-order valence-electron chi connectivity index (χ3n) is 3.45. The first-order chi connectivity index (χ1) is 9.19. The monoisotopic (exact) mass is 270 g/mol. The first-order valence-corrected chi connectivity index (χ1v) is 6.81. The van der Waals surface area contributed by atoms with Crippen LogP contribution in [0.5, 0.6) is 0 Å². The van der Waals surface area contributed by atoms with Crippen molar-refractivity contribution in [3.63, 3.8) is 0 Å². The third kappa shape index (κ3) is 2.13. The number of nitrogens with one attached hydrogen (secondary N) is 1. The molecule has 0 saturated heterocycles. The van der Waals surface area contributed by atoms with Crippen molar-refractivity contribution in [2.75, 3.05) is 0 Å². The lowest BCUT2D eigenvalue weighted by Crippen LogP contribution is -1.86. The fourth-order valence-electron chi connectivity index (χ4n) is 2.45. The van der Waals surface area contributed by atoms with Gasteiger partial charge < -0.3 is 4.98 Å². The average Bonchev–Trinajstić information content (AvgIpc) is 2.79. The first-order valence-electron chi connectivity index (χ1n) is 6.43. The summed E-state index contributed by atoms with van der Waals surface area (Å²) in [5, 5.41) is 1.63. The number of H-pyrrole nitrogens is 1. The van der Waals surface area contributed by atoms with Crippen LogP contribution in [0, 0.1) is 6.92 Å². The summed E-state index contributed by atoms with van der Waals surface area (Å²) >= 11 is 6.02. The molecule has 0 bridgehead atoms. The Kier molecular flexibility index (Phi) is 3.03. The summed E-state index contributed by atoms with van der Waals surface area (Å²) in [5.74, 6) is 0. The maximum atomic E-state index is 6.02. The largest absolute Gasteiger partial charge is 0.358 e. The minimum atomic E-state index is 0.527. The summed E-state index contributed by atoms with van der Waals surface area (Å²) < 4.78 is 0. The van der Waals surface area contributed by atoms with Gasteiger partial charge in [0, 0.05) is 22.3 Å². The van der Waals surface area contributed by atoms with Crippen LogP contribution in [0.1, 0.15) is 18.2 Å². The second kappa shape index (κ2) is 4.71. The van der Waals surface area contributed by atoms with Crippen molar-refractivity contribution in [1.82, 2.24) is 9.97 Å². The number of rotatable bonds is 2. The molecule has 0 aliphatic rings. The van der Waals surface area contributed by atoms with E-state index < -0.39 is 0 Å². The predicted octanol–water partition coefficient (Wildman–Crippen LogP) is 4.75. The highest BCUT2D eigenvalue weighted by molar-refractivity contribution is 6.29. The van der Waals surface area contributed by atoms with E-state index in [4.69, 9.17) is 11.6 Å². The van der Waals surface area contributed by atoms with Gasteiger partial charge in [0.25, 0.3) is 0 Å². The van der Waals surface area contributed by atoms with Gasteiger partial charge in [-0.05, 0) is 37.1 Å². The van der Waals surface area contributed by atoms with Crippen LogP contribution in [0.4, 0.5) is 0 Å². The third-order valence-corrected chi connectivity index (χ3v) is 3.66. The number of aromatic amines is 1. The van der Waals surface area contributed by atoms with Crippen LogP contribution in [-0.2, 0) is 6.42 Å². The zero-order chi connectivity index (χ0) is 13.4. The van der Waals surface area contributed by atoms with Crippen molar-refractivity contribution < 1.29 is 0 Å². The SMILES string of the molecule is CCc1[nH]c(-c2cccc3ccc(Cl)nc23)cc1C. The lowest BCUT2D eigenvalue weighted by molar-refractivity contribution is 1.05. The molecule has 96 valence electrons. The number of benzene rings is 1. The smallest absolute Gasteiger partial charge is 0.129 e. The molecule has 1 N–H and O–H groups in total. The molecule has 0 radical (unpaired) electrons. The minimum absolute atomic E-state index is 0.527. The van der Waals surface area contributed by atoms with Gasteiger partial charge >= 0.3 is 0 Å². The normalized spacial score (nSPS) is 11.1. The zero-order valence-corrected chi connectivity index (χ0v) is 11.8. The number of hydrogen-bond acceptors (Lipinski definition) is 1. The Labute approximate surface area is 117 Å². The van der Waals surface area contributed by atoms with E-state index in [9.17, 15) is 0 Å². The van der Waals surface area contributed by atoms with E-state index in [1.807, 2.05) is 12.1 Å². The van der Waals surface area contributed by atoms with Gasteiger partial charge in [0.1, 0.15) is 5.15 Å². The topological polar surface area (TPSA) is 28.7 Å². The molecule has 0 aliphatic carbocycles. The van der Waals surface area contributed by atoms with Gasteiger partial charge in [-0.3, -0.25) is 0 Å². The van der Waals surface area contributed by atoms with Crippen molar-refractivity contribution in [1.29, 1.82) is 0 Å². The molecule has 3 rings (SSSR count). The van der Waals surface area contributed by atoms with Gasteiger partial charge in [-0.1, -0.05) is 36.7 Å². The summed E-state index contributed by atoms with van der Waals surface area (Å²) in [5.41, 5.74) is 5.71. The van der Waals surface area contributed by atoms with E-state index in [1.54, 1.807) is 0 Å². The fraction of sp³-hybridized carbons (Fsp3) is 0.188. The Morgan fingerprint density at radius 1 is 1.21 bits per heavy atom. The molecule has 19 heavy (non-hydrogen) atoms. The number of hydrogen-bond donors (Lipinski definition) is 1. The molecule has 1 aromatic carbocycles. The quantitative estimate of drug-likeness (QED) is 0.669. The van der Waals surface area contributed by atoms with E-state index in [-0.39, 0.29) is 0 Å². The van der Waals surface area contributed by atoms with E-state index in [1.165, 1.54) is 11.3 Å². The van der Waals surface area contributed by atoms with E-state index in [2.05, 4.69) is 48.1 Å². The number of aryl methyl sites for hydroxylation is 2. The predicted molar refractivity (Wildman–Crippen MR) is 80.7 cm³/mol. The summed E-state index contributed by atoms with van der Waals surface area (Å²) in [7, 11) is 0. The molecule has 2 aromatic heterocycles. The number of pyridine rings is 1. The maximum absolute atomic E-state index is 6.02. The molecular formula is C16H15ClN2. The molecule has 0 unspecified atom stereocenters. The number of para-hydroxylation sites is 1. The minimum Gasteiger partial charge on any atom is -0.358 e. The molecule has 2 heterocycles. The number of aromatic nitrogens is 2. The molecular weight excluding hydrogens is 256 g/mol. The van der Waals surface area contributed by atoms with Crippen LogP contribution < -0.4 is 0 Å². The summed E-state index contributed by atoms with van der Waals surface area (Å²) in [6.45, 7) is 4.28. The van der Waals surface area contributed by atoms with Crippen molar-refractivity contribution >= 4 is 22.5 Å². The average molecular weight is 271 g/mol. The highest BCUT2D eigenvalue weighted by Crippen LogP contribution is 2.29. The Balaban J connectivity index is 2.26. The van der Waals surface area contributed by atoms with Gasteiger partial charge in [0.05, 0.1) is 5.52 Å². The summed E-state index contributed by atoms with van der Waals surface area (Å²) in [6, 6.07) is 12.2. The van der Waals surface area contributed by atoms with Crippen LogP contribution in [0.15, 0.2) is 36.4 Å². The first kappa shape index (κ1) is 12.2. The van der Waals surface area contributed by atoms with E-state index in [0.717, 1.165) is 28.6 Å². The van der Waals surface area contributed by atoms with Crippen LogP contribution in [0.3, 0.4) is 0 Å². The maximum Gasteiger partial charge on any atom is 0.129 e. The van der Waals surface area contributed by atoms with Crippen LogP contribution >= 0.6 is 11.6 Å². The summed E-state index contributed by atoms with van der Waals surface area (Å²) in [4.78, 5) is 7.94. The molecule has 3 aromatic rings. The van der Waals surface area contributed by atoms with Crippen LogP contribution in [0.25, 0.3) is 22.2 Å². The lowest BCUT2D eigenvalue weighted by atomic mass is 10.1. The molecule has 0 spiro atoms. The molecule has 2 nitrogen and oxygen atoms in total. The van der Waals surface area contributed by atoms with Gasteiger partial charge in [-0.15, -0.1) is 0 Å². The Morgan fingerprint density at radius 2 is 2.05 bits per heavy atom. The van der Waals surface area contributed by atoms with Gasteiger partial charge in [0.15, 0.2) is 0 Å². The highest BCUT2D eigenvalue weighted by Gasteiger charge is 2.09. The molecule has 0 atom stereocenters. The number of nitrogens with zero attached hydrogens (tertiary/aromatic N) is 1. The summed E-state index contributed by atoms with van der Waals surface area (Å²) in [6.07, 6.45) is 1.00. The standard InChI is InChI=1S/C16H15ClN2/c1-3-13-10(2)9-14(18-13)12-6-4-5-11-7-8-15(17)19-16(11)12/h4-9,18H,3H2,1-2H3. The Hall–Kier alpha value is -1.80. The van der Waals surface area contributed by atoms with Crippen molar-refractivity contribution in [3.8, 4) is 11.3 Å². The molecule has 0 amide bonds. The fourth-order valence-corrected chi connectivity index (χ4v) is 2.60. The molecule has 0 fully saturated rings. The van der Waals surface area contributed by atoms with Gasteiger partial charge in [-0.2, -0.15) is 0 Å². The van der Waals surface area contributed by atoms with Crippen molar-refractivity contribution in [2.45, 2.75) is 20.3 Å². The molecule has 3 heteroatoms. The molecule has 0 aliphatic heterocycles. The van der Waals surface area contributed by atoms with Gasteiger partial charge in [-0.25, -0.2) is 4.98 Å². The zero-order valence-electron chi connectivity index (χ0n) is 11.0. The Morgan fingerprint density at radius 3 is 2.79 bits per heavy atom. The van der Waals surface area contributed by atoms with E-state index >= 15 is 0 Å². The lowest BCUT2D eigenvalue weighted by Gasteiger charge is -2.04. The number of halogens is 1. The second-order valence-electron chi connectivity index (χ2n) is 4.71. The highest BCUT2D eigenvalue weighted by atomic mass is 35.5. The van der Waals surface area contributed by atoms with Crippen LogP contribution in [0.2, 0.25) is 5.15 Å². The Bertz CT molecular complexity index is 744. The second-order valence-corrected chi connectivity index (χ2v) is 5.10.